The van der Waals surface area contributed by atoms with E-state index in [4.69, 9.17) is 14.2 Å². The van der Waals surface area contributed by atoms with Gasteiger partial charge < -0.3 is 19.1 Å². The molecule has 7 heteroatoms. The summed E-state index contributed by atoms with van der Waals surface area (Å²) in [6, 6.07) is 7.45. The van der Waals surface area contributed by atoms with Crippen LogP contribution in [0.3, 0.4) is 0 Å². The van der Waals surface area contributed by atoms with Gasteiger partial charge in [-0.15, -0.1) is 0 Å². The van der Waals surface area contributed by atoms with Crippen molar-refractivity contribution in [3.8, 4) is 0 Å². The molecule has 1 aromatic heterocycles. The highest BCUT2D eigenvalue weighted by molar-refractivity contribution is 6.05. The summed E-state index contributed by atoms with van der Waals surface area (Å²) in [5, 5.41) is 1.79. The van der Waals surface area contributed by atoms with E-state index in [2.05, 4.69) is 4.98 Å². The maximum absolute atomic E-state index is 12.3. The first-order valence-corrected chi connectivity index (χ1v) is 7.25. The Labute approximate surface area is 138 Å². The van der Waals surface area contributed by atoms with Crippen LogP contribution in [0, 0.1) is 0 Å². The van der Waals surface area contributed by atoms with Crippen LogP contribution in [-0.2, 0) is 23.8 Å². The van der Waals surface area contributed by atoms with Crippen molar-refractivity contribution in [3.63, 3.8) is 0 Å². The number of pyridine rings is 1. The van der Waals surface area contributed by atoms with E-state index in [-0.39, 0.29) is 24.6 Å². The van der Waals surface area contributed by atoms with Gasteiger partial charge in [-0.3, -0.25) is 4.98 Å². The Morgan fingerprint density at radius 3 is 2.71 bits per heavy atom. The Bertz CT molecular complexity index is 825. The lowest BCUT2D eigenvalue weighted by molar-refractivity contribution is -0.140. The molecule has 1 aliphatic rings. The van der Waals surface area contributed by atoms with Crippen molar-refractivity contribution >= 4 is 28.4 Å². The summed E-state index contributed by atoms with van der Waals surface area (Å²) in [6.45, 7) is 0.103. The van der Waals surface area contributed by atoms with Crippen molar-refractivity contribution in [2.24, 2.45) is 0 Å². The molecule has 24 heavy (non-hydrogen) atoms. The summed E-state index contributed by atoms with van der Waals surface area (Å²) in [7, 11) is 2.53. The third-order valence-electron chi connectivity index (χ3n) is 3.78. The highest BCUT2D eigenvalue weighted by Gasteiger charge is 2.32. The van der Waals surface area contributed by atoms with E-state index in [1.54, 1.807) is 17.3 Å². The molecule has 0 saturated carbocycles. The van der Waals surface area contributed by atoms with Crippen molar-refractivity contribution in [3.05, 3.63) is 47.9 Å². The fourth-order valence-electron chi connectivity index (χ4n) is 2.67. The second kappa shape index (κ2) is 6.67. The normalized spacial score (nSPS) is 14.7. The van der Waals surface area contributed by atoms with Gasteiger partial charge in [0.15, 0.2) is 0 Å². The van der Waals surface area contributed by atoms with Gasteiger partial charge in [0.05, 0.1) is 32.1 Å². The largest absolute Gasteiger partial charge is 0.466 e. The number of anilines is 1. The molecule has 1 aliphatic heterocycles. The van der Waals surface area contributed by atoms with Gasteiger partial charge in [0, 0.05) is 23.2 Å². The maximum atomic E-state index is 12.3. The Morgan fingerprint density at radius 1 is 1.17 bits per heavy atom. The maximum Gasteiger partial charge on any atom is 0.355 e. The molecule has 0 saturated heterocycles. The molecular weight excluding hydrogens is 312 g/mol. The predicted molar refractivity (Wildman–Crippen MR) is 86.1 cm³/mol. The first kappa shape index (κ1) is 15.9. The summed E-state index contributed by atoms with van der Waals surface area (Å²) >= 11 is 0. The third-order valence-corrected chi connectivity index (χ3v) is 3.78. The number of ether oxygens (including phenoxy) is 3. The van der Waals surface area contributed by atoms with Gasteiger partial charge in [0.1, 0.15) is 12.4 Å². The first-order valence-electron chi connectivity index (χ1n) is 7.25. The number of aromatic nitrogens is 1. The minimum Gasteiger partial charge on any atom is -0.466 e. The Kier molecular flexibility index (Phi) is 4.43. The Hall–Kier alpha value is -2.93. The topological polar surface area (TPSA) is 78.0 Å². The zero-order chi connectivity index (χ0) is 17.1. The minimum absolute atomic E-state index is 0.0140. The number of methoxy groups -OCH3 is 2. The highest BCUT2D eigenvalue weighted by atomic mass is 16.5. The number of fused-ring (bicyclic) bond motifs is 1. The third kappa shape index (κ3) is 2.69. The summed E-state index contributed by atoms with van der Waals surface area (Å²) in [5.41, 5.74) is 0.970. The summed E-state index contributed by atoms with van der Waals surface area (Å²) < 4.78 is 15.1. The number of carbonyl (C=O) groups excluding carboxylic acids is 2. The zero-order valence-electron chi connectivity index (χ0n) is 13.3. The van der Waals surface area contributed by atoms with Crippen LogP contribution < -0.4 is 4.90 Å². The number of carbonyl (C=O) groups is 2. The van der Waals surface area contributed by atoms with Gasteiger partial charge >= 0.3 is 11.9 Å². The number of benzene rings is 1. The molecule has 0 spiro atoms. The second-order valence-corrected chi connectivity index (χ2v) is 5.09. The van der Waals surface area contributed by atoms with Gasteiger partial charge in [-0.1, -0.05) is 12.1 Å². The molecule has 7 nitrogen and oxygen atoms in total. The van der Waals surface area contributed by atoms with Crippen molar-refractivity contribution in [2.45, 2.75) is 0 Å². The molecule has 0 atom stereocenters. The monoisotopic (exact) mass is 328 g/mol. The number of esters is 2. The fourth-order valence-corrected chi connectivity index (χ4v) is 2.67. The van der Waals surface area contributed by atoms with Gasteiger partial charge in [-0.05, 0) is 12.1 Å². The average Bonchev–Trinajstić information content (AvgIpc) is 2.65. The van der Waals surface area contributed by atoms with Gasteiger partial charge in [-0.2, -0.15) is 0 Å². The first-order chi connectivity index (χ1) is 11.7. The van der Waals surface area contributed by atoms with E-state index in [1.165, 1.54) is 14.2 Å². The van der Waals surface area contributed by atoms with Crippen LogP contribution in [0.2, 0.25) is 0 Å². The zero-order valence-corrected chi connectivity index (χ0v) is 13.3. The van der Waals surface area contributed by atoms with E-state index in [0.29, 0.717) is 0 Å². The molecule has 0 aliphatic carbocycles. The Balaban J connectivity index is 2.20. The van der Waals surface area contributed by atoms with Crippen LogP contribution in [0.1, 0.15) is 0 Å². The quantitative estimate of drug-likeness (QED) is 0.792. The standard InChI is InChI=1S/C17H16N2O5/c1-22-16(20)13-9-24-10-19(15(13)17(21)23-2)14-5-3-4-11-8-18-7-6-12(11)14/h3-8H,9-10H2,1-2H3. The summed E-state index contributed by atoms with van der Waals surface area (Å²) in [4.78, 5) is 30.1. The molecule has 0 unspecified atom stereocenters. The lowest BCUT2D eigenvalue weighted by atomic mass is 10.1. The molecule has 2 heterocycles. The van der Waals surface area contributed by atoms with Crippen molar-refractivity contribution in [2.75, 3.05) is 32.5 Å². The number of nitrogens with zero attached hydrogens (tertiary/aromatic N) is 2. The van der Waals surface area contributed by atoms with Crippen LogP contribution >= 0.6 is 0 Å². The molecule has 0 radical (unpaired) electrons. The van der Waals surface area contributed by atoms with Gasteiger partial charge in [-0.25, -0.2) is 9.59 Å². The molecular formula is C17H16N2O5. The summed E-state index contributed by atoms with van der Waals surface area (Å²) in [5.74, 6) is -1.24. The van der Waals surface area contributed by atoms with E-state index >= 15 is 0 Å². The lowest BCUT2D eigenvalue weighted by Crippen LogP contribution is -2.38. The lowest BCUT2D eigenvalue weighted by Gasteiger charge is -2.32. The molecule has 0 amide bonds. The van der Waals surface area contributed by atoms with Gasteiger partial charge in [0.25, 0.3) is 0 Å². The average molecular weight is 328 g/mol. The van der Waals surface area contributed by atoms with Crippen LogP contribution in [0.25, 0.3) is 10.8 Å². The van der Waals surface area contributed by atoms with Crippen molar-refractivity contribution in [1.82, 2.24) is 4.98 Å². The molecule has 0 fully saturated rings. The summed E-state index contributed by atoms with van der Waals surface area (Å²) in [6.07, 6.45) is 3.39. The van der Waals surface area contributed by atoms with E-state index in [1.807, 2.05) is 24.3 Å². The molecule has 2 aromatic rings. The van der Waals surface area contributed by atoms with Crippen molar-refractivity contribution < 1.29 is 23.8 Å². The van der Waals surface area contributed by atoms with Crippen LogP contribution in [0.5, 0.6) is 0 Å². The van der Waals surface area contributed by atoms with E-state index in [0.717, 1.165) is 16.5 Å². The molecule has 3 rings (SSSR count). The molecule has 0 N–H and O–H groups in total. The van der Waals surface area contributed by atoms with Crippen molar-refractivity contribution in [1.29, 1.82) is 0 Å². The second-order valence-electron chi connectivity index (χ2n) is 5.09. The number of hydrogen-bond acceptors (Lipinski definition) is 7. The predicted octanol–water partition coefficient (Wildman–Crippen LogP) is 1.63. The smallest absolute Gasteiger partial charge is 0.355 e. The van der Waals surface area contributed by atoms with Gasteiger partial charge in [0.2, 0.25) is 0 Å². The van der Waals surface area contributed by atoms with Crippen LogP contribution in [0.4, 0.5) is 5.69 Å². The van der Waals surface area contributed by atoms with Crippen LogP contribution in [-0.4, -0.2) is 44.5 Å². The van der Waals surface area contributed by atoms with E-state index in [9.17, 15) is 9.59 Å². The molecule has 0 bridgehead atoms. The molecule has 1 aromatic carbocycles. The fraction of sp³-hybridized carbons (Fsp3) is 0.235. The highest BCUT2D eigenvalue weighted by Crippen LogP contribution is 2.32. The Morgan fingerprint density at radius 2 is 1.96 bits per heavy atom. The SMILES string of the molecule is COC(=O)C1=C(C(=O)OC)N(c2cccc3cnccc23)COC1. The number of rotatable bonds is 3. The molecule has 124 valence electrons. The number of hydrogen-bond donors (Lipinski definition) is 0. The van der Waals surface area contributed by atoms with Crippen LogP contribution in [0.15, 0.2) is 47.9 Å². The minimum atomic E-state index is -0.623. The van der Waals surface area contributed by atoms with E-state index < -0.39 is 11.9 Å².